The fourth-order valence-corrected chi connectivity index (χ4v) is 5.85. The van der Waals surface area contributed by atoms with Crippen LogP contribution in [0.3, 0.4) is 0 Å². The van der Waals surface area contributed by atoms with Gasteiger partial charge in [0.2, 0.25) is 0 Å². The third-order valence-corrected chi connectivity index (χ3v) is 7.80. The van der Waals surface area contributed by atoms with Gasteiger partial charge in [-0.2, -0.15) is 0 Å². The van der Waals surface area contributed by atoms with Gasteiger partial charge >= 0.3 is 5.97 Å². The highest BCUT2D eigenvalue weighted by atomic mass is 35.5. The molecule has 1 aliphatic carbocycles. The van der Waals surface area contributed by atoms with E-state index in [1.54, 1.807) is 4.57 Å². The van der Waals surface area contributed by atoms with Crippen molar-refractivity contribution < 1.29 is 32.7 Å². The first-order valence-electron chi connectivity index (χ1n) is 13.4. The molecule has 4 rings (SSSR count). The topological polar surface area (TPSA) is 106 Å². The van der Waals surface area contributed by atoms with Crippen LogP contribution in [0.15, 0.2) is 18.2 Å². The number of nitrogens with one attached hydrogen (secondary N) is 2. The Kier molecular flexibility index (Phi) is 8.40. The van der Waals surface area contributed by atoms with Crippen LogP contribution in [-0.2, 0) is 27.3 Å². The molecule has 1 fully saturated rings. The van der Waals surface area contributed by atoms with Crippen LogP contribution in [0.4, 0.5) is 14.5 Å². The van der Waals surface area contributed by atoms with E-state index < -0.39 is 40.4 Å². The Hall–Kier alpha value is -3.27. The molecule has 2 N–H and O–H groups in total. The molecule has 1 saturated carbocycles. The zero-order valence-electron chi connectivity index (χ0n) is 23.1. The number of anilines is 1. The Morgan fingerprint density at radius 1 is 1.12 bits per heavy atom. The fourth-order valence-electron chi connectivity index (χ4n) is 5.47. The summed E-state index contributed by atoms with van der Waals surface area (Å²) >= 11 is 6.53. The van der Waals surface area contributed by atoms with Gasteiger partial charge in [-0.3, -0.25) is 19.2 Å². The van der Waals surface area contributed by atoms with Gasteiger partial charge in [-0.15, -0.1) is 0 Å². The maximum atomic E-state index is 13.6. The van der Waals surface area contributed by atoms with Crippen molar-refractivity contribution in [2.24, 2.45) is 5.92 Å². The quantitative estimate of drug-likeness (QED) is 0.253. The number of carbonyl (C=O) groups excluding carboxylic acids is 4. The number of hydrogen-bond donors (Lipinski definition) is 2. The van der Waals surface area contributed by atoms with Crippen LogP contribution in [0, 0.1) is 17.6 Å². The first-order valence-corrected chi connectivity index (χ1v) is 13.8. The first kappa shape index (κ1) is 29.7. The van der Waals surface area contributed by atoms with Crippen LogP contribution in [0.1, 0.15) is 92.8 Å². The van der Waals surface area contributed by atoms with Crippen LogP contribution in [-0.4, -0.2) is 39.3 Å². The summed E-state index contributed by atoms with van der Waals surface area (Å²) in [6.07, 6.45) is 3.98. The minimum atomic E-state index is -1.12. The van der Waals surface area contributed by atoms with Gasteiger partial charge in [0.05, 0.1) is 10.6 Å². The van der Waals surface area contributed by atoms with Crippen LogP contribution in [0.2, 0.25) is 5.02 Å². The Morgan fingerprint density at radius 3 is 2.42 bits per heavy atom. The first-order chi connectivity index (χ1) is 18.7. The van der Waals surface area contributed by atoms with Gasteiger partial charge in [-0.1, -0.05) is 11.6 Å². The number of aromatic nitrogens is 1. The van der Waals surface area contributed by atoms with Gasteiger partial charge in [0, 0.05) is 36.0 Å². The Labute approximate surface area is 236 Å². The molecule has 0 unspecified atom stereocenters. The molecule has 0 saturated heterocycles. The van der Waals surface area contributed by atoms with Crippen molar-refractivity contribution in [3.63, 3.8) is 0 Å². The lowest BCUT2D eigenvalue weighted by Crippen LogP contribution is -2.51. The van der Waals surface area contributed by atoms with Gasteiger partial charge in [0.1, 0.15) is 11.3 Å². The summed E-state index contributed by atoms with van der Waals surface area (Å²) in [7, 11) is 0. The number of ketones is 1. The SMILES string of the molecule is CC(C)(C)OC(=O)C[C@H]1CC[C@@](C)(NC(=O)C(=O)c2c(Cl)c(C(=O)Nc3ccc(F)c(F)c3)c3n2CCC3)CC1. The number of Topliss-reactive ketones (excluding diaryl/α,β-unsaturated/α-hetero) is 1. The van der Waals surface area contributed by atoms with Crippen molar-refractivity contribution in [2.45, 2.75) is 90.3 Å². The highest BCUT2D eigenvalue weighted by Gasteiger charge is 2.38. The van der Waals surface area contributed by atoms with Crippen LogP contribution < -0.4 is 10.6 Å². The second-order valence-corrected chi connectivity index (χ2v) is 12.3. The molecule has 2 aliphatic rings. The minimum Gasteiger partial charge on any atom is -0.460 e. The average molecular weight is 578 g/mol. The molecule has 2 aromatic rings. The van der Waals surface area contributed by atoms with Crippen molar-refractivity contribution >= 4 is 40.9 Å². The number of esters is 1. The van der Waals surface area contributed by atoms with Crippen molar-refractivity contribution in [3.8, 4) is 0 Å². The number of carbonyl (C=O) groups is 4. The van der Waals surface area contributed by atoms with E-state index in [0.29, 0.717) is 57.2 Å². The van der Waals surface area contributed by atoms with Gasteiger partial charge in [-0.05, 0) is 84.3 Å². The van der Waals surface area contributed by atoms with Gasteiger partial charge in [0.15, 0.2) is 11.6 Å². The molecule has 216 valence electrons. The van der Waals surface area contributed by atoms with E-state index in [1.807, 2.05) is 27.7 Å². The number of rotatable bonds is 7. The predicted molar refractivity (Wildman–Crippen MR) is 145 cm³/mol. The maximum absolute atomic E-state index is 13.6. The van der Waals surface area contributed by atoms with E-state index in [9.17, 15) is 28.0 Å². The molecule has 2 heterocycles. The number of hydrogen-bond acceptors (Lipinski definition) is 5. The highest BCUT2D eigenvalue weighted by molar-refractivity contribution is 6.48. The van der Waals surface area contributed by atoms with Crippen LogP contribution in [0.25, 0.3) is 0 Å². The molecule has 40 heavy (non-hydrogen) atoms. The van der Waals surface area contributed by atoms with E-state index in [1.165, 1.54) is 6.07 Å². The Balaban J connectivity index is 1.44. The fraction of sp³-hybridized carbons (Fsp3) is 0.517. The number of nitrogens with zero attached hydrogens (tertiary/aromatic N) is 1. The maximum Gasteiger partial charge on any atom is 0.306 e. The molecule has 0 bridgehead atoms. The molecule has 0 radical (unpaired) electrons. The van der Waals surface area contributed by atoms with Crippen molar-refractivity contribution in [1.82, 2.24) is 9.88 Å². The summed E-state index contributed by atoms with van der Waals surface area (Å²) in [6, 6.07) is 2.95. The number of ether oxygens (including phenoxy) is 1. The number of halogens is 3. The van der Waals surface area contributed by atoms with Gasteiger partial charge in [0.25, 0.3) is 17.6 Å². The largest absolute Gasteiger partial charge is 0.460 e. The summed E-state index contributed by atoms with van der Waals surface area (Å²) in [5, 5.41) is 5.20. The molecule has 1 aromatic carbocycles. The normalized spacial score (nSPS) is 20.5. The molecular formula is C29H34ClF2N3O5. The third-order valence-electron chi connectivity index (χ3n) is 7.43. The predicted octanol–water partition coefficient (Wildman–Crippen LogP) is 5.60. The lowest BCUT2D eigenvalue weighted by atomic mass is 9.76. The van der Waals surface area contributed by atoms with E-state index in [0.717, 1.165) is 12.1 Å². The number of fused-ring (bicyclic) bond motifs is 1. The standard InChI is InChI=1S/C29H34ClF2N3O5/c1-28(2,3)40-21(36)14-16-9-11-29(4,12-10-16)34-27(39)25(37)24-23(30)22(20-6-5-13-35(20)24)26(38)33-17-7-8-18(31)19(32)15-17/h7-8,15-16H,5-6,9-14H2,1-4H3,(H,33,38)(H,34,39)/t16-,29+. The smallest absolute Gasteiger partial charge is 0.306 e. The molecule has 0 spiro atoms. The Bertz CT molecular complexity index is 1360. The monoisotopic (exact) mass is 577 g/mol. The summed E-state index contributed by atoms with van der Waals surface area (Å²) in [6.45, 7) is 7.75. The molecule has 11 heteroatoms. The second kappa shape index (κ2) is 11.3. The summed E-state index contributed by atoms with van der Waals surface area (Å²) < 4.78 is 33.9. The minimum absolute atomic E-state index is 0.0266. The van der Waals surface area contributed by atoms with Crippen molar-refractivity contribution in [2.75, 3.05) is 5.32 Å². The van der Waals surface area contributed by atoms with Crippen molar-refractivity contribution in [3.05, 3.63) is 51.8 Å². The zero-order valence-corrected chi connectivity index (χ0v) is 23.8. The molecule has 1 aromatic heterocycles. The average Bonchev–Trinajstić information content (AvgIpc) is 3.40. The summed E-state index contributed by atoms with van der Waals surface area (Å²) in [5.41, 5.74) is -0.683. The van der Waals surface area contributed by atoms with E-state index >= 15 is 0 Å². The lowest BCUT2D eigenvalue weighted by Gasteiger charge is -2.38. The Morgan fingerprint density at radius 2 is 1.80 bits per heavy atom. The molecule has 1 aliphatic heterocycles. The number of amides is 2. The van der Waals surface area contributed by atoms with Gasteiger partial charge in [-0.25, -0.2) is 8.78 Å². The molecule has 0 atom stereocenters. The summed E-state index contributed by atoms with van der Waals surface area (Å²) in [4.78, 5) is 51.8. The lowest BCUT2D eigenvalue weighted by molar-refractivity contribution is -0.156. The van der Waals surface area contributed by atoms with Crippen LogP contribution >= 0.6 is 11.6 Å². The molecule has 2 amide bonds. The second-order valence-electron chi connectivity index (χ2n) is 11.9. The van der Waals surface area contributed by atoms with E-state index in [2.05, 4.69) is 10.6 Å². The summed E-state index contributed by atoms with van der Waals surface area (Å²) in [5.74, 6) is -4.64. The third kappa shape index (κ3) is 6.54. The highest BCUT2D eigenvalue weighted by Crippen LogP contribution is 2.36. The van der Waals surface area contributed by atoms with Crippen LogP contribution in [0.5, 0.6) is 0 Å². The zero-order chi connectivity index (χ0) is 29.4. The number of benzene rings is 1. The van der Waals surface area contributed by atoms with E-state index in [4.69, 9.17) is 16.3 Å². The molecule has 8 nitrogen and oxygen atoms in total. The van der Waals surface area contributed by atoms with E-state index in [-0.39, 0.29) is 33.9 Å². The van der Waals surface area contributed by atoms with Gasteiger partial charge < -0.3 is 19.9 Å². The molecular weight excluding hydrogens is 544 g/mol. The van der Waals surface area contributed by atoms with Crippen molar-refractivity contribution in [1.29, 1.82) is 0 Å².